The first-order valence-electron chi connectivity index (χ1n) is 5.48. The Morgan fingerprint density at radius 2 is 1.95 bits per heavy atom. The summed E-state index contributed by atoms with van der Waals surface area (Å²) in [5.74, 6) is -1.24. The maximum absolute atomic E-state index is 12.1. The third-order valence-corrected chi connectivity index (χ3v) is 5.34. The molecule has 0 spiro atoms. The Kier molecular flexibility index (Phi) is 4.62. The number of amides is 1. The number of anilines is 1. The number of aryl methyl sites for hydroxylation is 1. The number of aromatic carboxylic acids is 1. The van der Waals surface area contributed by atoms with Crippen LogP contribution in [0.5, 0.6) is 0 Å². The molecule has 0 aliphatic heterocycles. The standard InChI is InChI=1S/C13H9Br2NO3S/c1-6-4-10(20-11(6)15)12(17)16-9-3-2-7(13(18)19)5-8(9)14/h2-5H,1H3,(H,16,17)(H,18,19). The van der Waals surface area contributed by atoms with Gasteiger partial charge in [-0.25, -0.2) is 4.79 Å². The molecule has 4 nitrogen and oxygen atoms in total. The van der Waals surface area contributed by atoms with Crippen molar-refractivity contribution < 1.29 is 14.7 Å². The van der Waals surface area contributed by atoms with E-state index >= 15 is 0 Å². The molecule has 0 radical (unpaired) electrons. The lowest BCUT2D eigenvalue weighted by Crippen LogP contribution is -2.11. The molecule has 0 aliphatic carbocycles. The van der Waals surface area contributed by atoms with Gasteiger partial charge in [0.15, 0.2) is 0 Å². The number of carboxylic acid groups (broad SMARTS) is 1. The van der Waals surface area contributed by atoms with Crippen LogP contribution in [0.1, 0.15) is 25.6 Å². The van der Waals surface area contributed by atoms with E-state index < -0.39 is 5.97 Å². The minimum Gasteiger partial charge on any atom is -0.478 e. The van der Waals surface area contributed by atoms with Crippen molar-refractivity contribution in [2.45, 2.75) is 6.92 Å². The van der Waals surface area contributed by atoms with E-state index in [9.17, 15) is 9.59 Å². The van der Waals surface area contributed by atoms with Gasteiger partial charge < -0.3 is 10.4 Å². The Bertz CT molecular complexity index is 677. The fourth-order valence-corrected chi connectivity index (χ4v) is 3.41. The quantitative estimate of drug-likeness (QED) is 0.769. The molecule has 0 saturated heterocycles. The lowest BCUT2D eigenvalue weighted by molar-refractivity contribution is 0.0696. The molecule has 0 fully saturated rings. The summed E-state index contributed by atoms with van der Waals surface area (Å²) < 4.78 is 1.45. The van der Waals surface area contributed by atoms with E-state index in [2.05, 4.69) is 37.2 Å². The number of rotatable bonds is 3. The number of carbonyl (C=O) groups excluding carboxylic acids is 1. The van der Waals surface area contributed by atoms with Gasteiger partial charge in [-0.2, -0.15) is 0 Å². The van der Waals surface area contributed by atoms with Gasteiger partial charge in [0.2, 0.25) is 0 Å². The third kappa shape index (κ3) is 3.28. The average Bonchev–Trinajstić information content (AvgIpc) is 2.72. The minimum atomic E-state index is -1.01. The highest BCUT2D eigenvalue weighted by atomic mass is 79.9. The van der Waals surface area contributed by atoms with E-state index in [4.69, 9.17) is 5.11 Å². The fraction of sp³-hybridized carbons (Fsp3) is 0.0769. The van der Waals surface area contributed by atoms with Crippen LogP contribution in [0.3, 0.4) is 0 Å². The van der Waals surface area contributed by atoms with Crippen molar-refractivity contribution in [3.63, 3.8) is 0 Å². The van der Waals surface area contributed by atoms with E-state index in [1.54, 1.807) is 12.1 Å². The molecule has 1 heterocycles. The molecule has 0 unspecified atom stereocenters. The molecule has 1 aromatic heterocycles. The van der Waals surface area contributed by atoms with Crippen LogP contribution in [-0.4, -0.2) is 17.0 Å². The van der Waals surface area contributed by atoms with Gasteiger partial charge in [-0.15, -0.1) is 11.3 Å². The predicted molar refractivity (Wildman–Crippen MR) is 85.8 cm³/mol. The molecule has 0 bridgehead atoms. The molecule has 2 N–H and O–H groups in total. The molecule has 104 valence electrons. The molecule has 0 aliphatic rings. The maximum Gasteiger partial charge on any atom is 0.335 e. The molecular formula is C13H9Br2NO3S. The highest BCUT2D eigenvalue weighted by molar-refractivity contribution is 9.11. The number of hydrogen-bond donors (Lipinski definition) is 2. The monoisotopic (exact) mass is 417 g/mol. The SMILES string of the molecule is Cc1cc(C(=O)Nc2ccc(C(=O)O)cc2Br)sc1Br. The first kappa shape index (κ1) is 15.2. The second-order valence-electron chi connectivity index (χ2n) is 4.02. The zero-order chi connectivity index (χ0) is 14.9. The van der Waals surface area contributed by atoms with E-state index in [-0.39, 0.29) is 11.5 Å². The summed E-state index contributed by atoms with van der Waals surface area (Å²) in [6.45, 7) is 1.91. The summed E-state index contributed by atoms with van der Waals surface area (Å²) in [6, 6.07) is 6.25. The molecule has 1 amide bonds. The Balaban J connectivity index is 2.21. The highest BCUT2D eigenvalue weighted by Gasteiger charge is 2.13. The number of hydrogen-bond acceptors (Lipinski definition) is 3. The van der Waals surface area contributed by atoms with Crippen molar-refractivity contribution in [2.75, 3.05) is 5.32 Å². The molecular weight excluding hydrogens is 410 g/mol. The van der Waals surface area contributed by atoms with Crippen LogP contribution in [0.2, 0.25) is 0 Å². The van der Waals surface area contributed by atoms with Gasteiger partial charge in [-0.1, -0.05) is 0 Å². The highest BCUT2D eigenvalue weighted by Crippen LogP contribution is 2.29. The van der Waals surface area contributed by atoms with Crippen molar-refractivity contribution in [3.8, 4) is 0 Å². The Labute approximate surface area is 136 Å². The fourth-order valence-electron chi connectivity index (χ4n) is 1.51. The lowest BCUT2D eigenvalue weighted by atomic mass is 10.2. The minimum absolute atomic E-state index is 0.157. The lowest BCUT2D eigenvalue weighted by Gasteiger charge is -2.07. The Morgan fingerprint density at radius 1 is 1.25 bits per heavy atom. The van der Waals surface area contributed by atoms with Crippen molar-refractivity contribution in [2.24, 2.45) is 0 Å². The Hall–Kier alpha value is -1.18. The largest absolute Gasteiger partial charge is 0.478 e. The normalized spacial score (nSPS) is 10.3. The van der Waals surface area contributed by atoms with Gasteiger partial charge in [-0.05, 0) is 68.6 Å². The molecule has 20 heavy (non-hydrogen) atoms. The van der Waals surface area contributed by atoms with Crippen molar-refractivity contribution >= 4 is 60.8 Å². The Morgan fingerprint density at radius 3 is 2.45 bits per heavy atom. The number of halogens is 2. The first-order chi connectivity index (χ1) is 9.38. The summed E-state index contributed by atoms with van der Waals surface area (Å²) >= 11 is 7.98. The molecule has 1 aromatic carbocycles. The summed E-state index contributed by atoms with van der Waals surface area (Å²) in [7, 11) is 0. The topological polar surface area (TPSA) is 66.4 Å². The molecule has 0 atom stereocenters. The zero-order valence-corrected chi connectivity index (χ0v) is 14.2. The smallest absolute Gasteiger partial charge is 0.335 e. The van der Waals surface area contributed by atoms with Crippen LogP contribution < -0.4 is 5.32 Å². The number of nitrogens with one attached hydrogen (secondary N) is 1. The zero-order valence-electron chi connectivity index (χ0n) is 10.2. The van der Waals surface area contributed by atoms with Crippen molar-refractivity contribution in [1.29, 1.82) is 0 Å². The van der Waals surface area contributed by atoms with Crippen LogP contribution in [-0.2, 0) is 0 Å². The van der Waals surface area contributed by atoms with Crippen LogP contribution in [0.4, 0.5) is 5.69 Å². The number of benzene rings is 1. The first-order valence-corrected chi connectivity index (χ1v) is 7.89. The van der Waals surface area contributed by atoms with Crippen LogP contribution in [0.15, 0.2) is 32.5 Å². The maximum atomic E-state index is 12.1. The average molecular weight is 419 g/mol. The molecule has 7 heteroatoms. The second-order valence-corrected chi connectivity index (χ2v) is 7.25. The number of carboxylic acids is 1. The molecule has 0 saturated carbocycles. The summed E-state index contributed by atoms with van der Waals surface area (Å²) in [5, 5.41) is 11.6. The van der Waals surface area contributed by atoms with Crippen LogP contribution in [0.25, 0.3) is 0 Å². The molecule has 2 aromatic rings. The van der Waals surface area contributed by atoms with Crippen LogP contribution >= 0.6 is 43.2 Å². The van der Waals surface area contributed by atoms with Gasteiger partial charge in [0.1, 0.15) is 0 Å². The summed E-state index contributed by atoms with van der Waals surface area (Å²) in [4.78, 5) is 23.5. The van der Waals surface area contributed by atoms with Gasteiger partial charge >= 0.3 is 5.97 Å². The summed E-state index contributed by atoms with van der Waals surface area (Å²) in [5.41, 5.74) is 1.69. The predicted octanol–water partition coefficient (Wildman–Crippen LogP) is 4.53. The number of carbonyl (C=O) groups is 2. The number of thiophene rings is 1. The van der Waals surface area contributed by atoms with Crippen LogP contribution in [0, 0.1) is 6.92 Å². The van der Waals surface area contributed by atoms with E-state index in [0.29, 0.717) is 15.0 Å². The van der Waals surface area contributed by atoms with Gasteiger partial charge in [-0.3, -0.25) is 4.79 Å². The van der Waals surface area contributed by atoms with Crippen molar-refractivity contribution in [3.05, 3.63) is 48.5 Å². The van der Waals surface area contributed by atoms with Gasteiger partial charge in [0, 0.05) is 4.47 Å². The third-order valence-electron chi connectivity index (χ3n) is 2.55. The second kappa shape index (κ2) is 6.07. The van der Waals surface area contributed by atoms with E-state index in [0.717, 1.165) is 9.35 Å². The van der Waals surface area contributed by atoms with Gasteiger partial charge in [0.25, 0.3) is 5.91 Å². The molecule has 2 rings (SSSR count). The van der Waals surface area contributed by atoms with Crippen molar-refractivity contribution in [1.82, 2.24) is 0 Å². The van der Waals surface area contributed by atoms with Gasteiger partial charge in [0.05, 0.1) is 19.9 Å². The van der Waals surface area contributed by atoms with E-state index in [1.807, 2.05) is 6.92 Å². The summed E-state index contributed by atoms with van der Waals surface area (Å²) in [6.07, 6.45) is 0. The van der Waals surface area contributed by atoms with E-state index in [1.165, 1.54) is 23.5 Å².